The molecule has 2 fully saturated rings. The zero-order valence-corrected chi connectivity index (χ0v) is 33.2. The summed E-state index contributed by atoms with van der Waals surface area (Å²) < 4.78 is 5.25. The number of nitrogens with one attached hydrogen (secondary N) is 1. The number of carbonyl (C=O) groups excluding carboxylic acids is 1. The van der Waals surface area contributed by atoms with Gasteiger partial charge in [0.25, 0.3) is 0 Å². The molecule has 5 N–H and O–H groups in total. The SMILES string of the molecule is Cc1ccc2c(N3CCC(N)CC3)nc(-c3ccccc3O)nc2c1.Cc1ccc2c(N3CCC(NC(=O)OCC(C)C)CC3)nc(-c3ccccc3O)nc2c1. The highest BCUT2D eigenvalue weighted by Gasteiger charge is 2.25. The van der Waals surface area contributed by atoms with Crippen molar-refractivity contribution in [1.82, 2.24) is 25.3 Å². The molecule has 0 unspecified atom stereocenters. The quantitative estimate of drug-likeness (QED) is 0.125. The number of anilines is 2. The number of aryl methyl sites for hydroxylation is 2. The number of nitrogens with zero attached hydrogens (tertiary/aromatic N) is 6. The Hall–Kier alpha value is -6.01. The van der Waals surface area contributed by atoms with Gasteiger partial charge in [-0.05, 0) is 105 Å². The van der Waals surface area contributed by atoms with Gasteiger partial charge in [-0.15, -0.1) is 0 Å². The molecule has 0 bridgehead atoms. The van der Waals surface area contributed by atoms with E-state index >= 15 is 0 Å². The van der Waals surface area contributed by atoms with Crippen LogP contribution in [0.15, 0.2) is 84.9 Å². The molecule has 4 heterocycles. The molecule has 0 aliphatic carbocycles. The molecule has 0 saturated carbocycles. The van der Waals surface area contributed by atoms with Crippen LogP contribution in [0.2, 0.25) is 0 Å². The molecule has 8 rings (SSSR count). The first-order valence-corrected chi connectivity index (χ1v) is 19.8. The molecule has 296 valence electrons. The Balaban J connectivity index is 0.000000179. The number of hydrogen-bond acceptors (Lipinski definition) is 11. The number of piperidine rings is 2. The molecule has 0 radical (unpaired) electrons. The molecule has 4 aromatic carbocycles. The van der Waals surface area contributed by atoms with Gasteiger partial charge in [0.2, 0.25) is 0 Å². The van der Waals surface area contributed by atoms with Crippen LogP contribution in [-0.4, -0.2) is 81.1 Å². The van der Waals surface area contributed by atoms with Crippen molar-refractivity contribution in [1.29, 1.82) is 0 Å². The highest BCUT2D eigenvalue weighted by atomic mass is 16.5. The van der Waals surface area contributed by atoms with E-state index < -0.39 is 0 Å². The molecule has 6 aromatic rings. The third-order valence-electron chi connectivity index (χ3n) is 10.5. The van der Waals surface area contributed by atoms with Crippen molar-refractivity contribution in [2.75, 3.05) is 42.6 Å². The molecule has 2 aromatic heterocycles. The predicted molar refractivity (Wildman–Crippen MR) is 227 cm³/mol. The minimum absolute atomic E-state index is 0.0823. The van der Waals surface area contributed by atoms with Gasteiger partial charge in [-0.1, -0.05) is 50.2 Å². The van der Waals surface area contributed by atoms with Crippen molar-refractivity contribution in [3.05, 3.63) is 96.1 Å². The number of ether oxygens (including phenoxy) is 1. The van der Waals surface area contributed by atoms with Gasteiger partial charge in [0.1, 0.15) is 23.1 Å². The van der Waals surface area contributed by atoms with Gasteiger partial charge in [0.05, 0.1) is 28.8 Å². The van der Waals surface area contributed by atoms with Crippen molar-refractivity contribution >= 4 is 39.5 Å². The summed E-state index contributed by atoms with van der Waals surface area (Å²) in [5.41, 5.74) is 11.3. The minimum atomic E-state index is -0.345. The van der Waals surface area contributed by atoms with Gasteiger partial charge in [-0.3, -0.25) is 0 Å². The number of nitrogens with two attached hydrogens (primary N) is 1. The van der Waals surface area contributed by atoms with Crippen LogP contribution < -0.4 is 20.9 Å². The van der Waals surface area contributed by atoms with Gasteiger partial charge < -0.3 is 35.8 Å². The second-order valence-electron chi connectivity index (χ2n) is 15.5. The van der Waals surface area contributed by atoms with E-state index in [1.54, 1.807) is 24.3 Å². The molecule has 1 amide bonds. The smallest absolute Gasteiger partial charge is 0.407 e. The summed E-state index contributed by atoms with van der Waals surface area (Å²) in [6.07, 6.45) is 3.19. The molecule has 12 heteroatoms. The fourth-order valence-corrected chi connectivity index (χ4v) is 7.29. The number of aromatic hydroxyl groups is 2. The number of phenols is 2. The predicted octanol–water partition coefficient (Wildman–Crippen LogP) is 7.90. The normalized spacial score (nSPS) is 15.1. The molecule has 57 heavy (non-hydrogen) atoms. The Labute approximate surface area is 333 Å². The lowest BCUT2D eigenvalue weighted by molar-refractivity contribution is 0.128. The van der Waals surface area contributed by atoms with E-state index in [2.05, 4.69) is 52.4 Å². The fourth-order valence-electron chi connectivity index (χ4n) is 7.29. The average Bonchev–Trinajstić information content (AvgIpc) is 3.20. The van der Waals surface area contributed by atoms with Crippen molar-refractivity contribution in [3.8, 4) is 34.3 Å². The Morgan fingerprint density at radius 3 is 1.63 bits per heavy atom. The summed E-state index contributed by atoms with van der Waals surface area (Å²) in [7, 11) is 0. The summed E-state index contributed by atoms with van der Waals surface area (Å²) in [5.74, 6) is 3.52. The lowest BCUT2D eigenvalue weighted by Gasteiger charge is -2.33. The number of aromatic nitrogens is 4. The number of fused-ring (bicyclic) bond motifs is 2. The van der Waals surface area contributed by atoms with E-state index in [1.807, 2.05) is 51.1 Å². The lowest BCUT2D eigenvalue weighted by atomic mass is 10.0. The van der Waals surface area contributed by atoms with Gasteiger partial charge in [0.15, 0.2) is 11.6 Å². The molecule has 12 nitrogen and oxygen atoms in total. The minimum Gasteiger partial charge on any atom is -0.507 e. The largest absolute Gasteiger partial charge is 0.507 e. The number of carbonyl (C=O) groups is 1. The van der Waals surface area contributed by atoms with Crippen molar-refractivity contribution in [3.63, 3.8) is 0 Å². The van der Waals surface area contributed by atoms with E-state index in [4.69, 9.17) is 30.4 Å². The van der Waals surface area contributed by atoms with Crippen LogP contribution in [0, 0.1) is 19.8 Å². The monoisotopic (exact) mass is 768 g/mol. The standard InChI is InChI=1S/C25H30N4O3.C20H22N4O/c1-16(2)15-32-25(31)26-18-10-12-29(13-11-18)24-19-9-8-17(3)14-21(19)27-23(28-24)20-6-4-5-7-22(20)30;1-13-6-7-15-17(12-13)22-19(16-4-2-3-5-18(16)25)23-20(15)24-10-8-14(21)9-11-24/h4-9,14,16,18,30H,10-13,15H2,1-3H3,(H,26,31);2-7,12,14,25H,8-11,21H2,1H3. The Kier molecular flexibility index (Phi) is 12.0. The van der Waals surface area contributed by atoms with Gasteiger partial charge in [0, 0.05) is 49.0 Å². The Morgan fingerprint density at radius 2 is 1.18 bits per heavy atom. The number of rotatable bonds is 7. The summed E-state index contributed by atoms with van der Waals surface area (Å²) in [5, 5.41) is 25.6. The van der Waals surface area contributed by atoms with Crippen LogP contribution in [0.25, 0.3) is 44.6 Å². The molecular weight excluding hydrogens is 717 g/mol. The molecule has 0 atom stereocenters. The summed E-state index contributed by atoms with van der Waals surface area (Å²) in [6, 6.07) is 27.1. The second kappa shape index (κ2) is 17.4. The number of benzene rings is 4. The molecule has 2 saturated heterocycles. The Morgan fingerprint density at radius 1 is 0.719 bits per heavy atom. The van der Waals surface area contributed by atoms with Gasteiger partial charge in [-0.25, -0.2) is 24.7 Å². The maximum Gasteiger partial charge on any atom is 0.407 e. The topological polar surface area (TPSA) is 163 Å². The molecular formula is C45H52N8O4. The van der Waals surface area contributed by atoms with Gasteiger partial charge in [-0.2, -0.15) is 0 Å². The van der Waals surface area contributed by atoms with Crippen LogP contribution >= 0.6 is 0 Å². The first-order valence-electron chi connectivity index (χ1n) is 19.8. The van der Waals surface area contributed by atoms with E-state index in [9.17, 15) is 15.0 Å². The summed E-state index contributed by atoms with van der Waals surface area (Å²) >= 11 is 0. The highest BCUT2D eigenvalue weighted by Crippen LogP contribution is 2.34. The first-order chi connectivity index (χ1) is 27.5. The molecule has 2 aliphatic heterocycles. The van der Waals surface area contributed by atoms with E-state index in [0.717, 1.165) is 96.4 Å². The van der Waals surface area contributed by atoms with Crippen LogP contribution in [0.1, 0.15) is 50.7 Å². The number of hydrogen-bond donors (Lipinski definition) is 4. The molecule has 2 aliphatic rings. The van der Waals surface area contributed by atoms with Gasteiger partial charge >= 0.3 is 6.09 Å². The van der Waals surface area contributed by atoms with Crippen molar-refractivity contribution in [2.45, 2.75) is 65.5 Å². The number of amides is 1. The van der Waals surface area contributed by atoms with Crippen molar-refractivity contribution in [2.24, 2.45) is 11.7 Å². The highest BCUT2D eigenvalue weighted by molar-refractivity contribution is 5.93. The Bertz CT molecular complexity index is 2350. The zero-order chi connectivity index (χ0) is 40.1. The van der Waals surface area contributed by atoms with Crippen LogP contribution in [0.4, 0.5) is 16.4 Å². The first kappa shape index (κ1) is 39.2. The fraction of sp³-hybridized carbons (Fsp3) is 0.356. The third-order valence-corrected chi connectivity index (χ3v) is 10.5. The van der Waals surface area contributed by atoms with E-state index in [0.29, 0.717) is 35.3 Å². The van der Waals surface area contributed by atoms with Crippen LogP contribution in [-0.2, 0) is 4.74 Å². The summed E-state index contributed by atoms with van der Waals surface area (Å²) in [4.78, 5) is 35.7. The van der Waals surface area contributed by atoms with E-state index in [1.165, 1.54) is 0 Å². The lowest BCUT2D eigenvalue weighted by Crippen LogP contribution is -2.45. The van der Waals surface area contributed by atoms with Crippen LogP contribution in [0.3, 0.4) is 0 Å². The maximum atomic E-state index is 12.0. The number of para-hydroxylation sites is 2. The van der Waals surface area contributed by atoms with E-state index in [-0.39, 0.29) is 29.7 Å². The number of alkyl carbamates (subject to hydrolysis) is 1. The maximum absolute atomic E-state index is 12.0. The zero-order valence-electron chi connectivity index (χ0n) is 33.2. The summed E-state index contributed by atoms with van der Waals surface area (Å²) in [6.45, 7) is 11.8. The second-order valence-corrected chi connectivity index (χ2v) is 15.5. The molecule has 0 spiro atoms. The van der Waals surface area contributed by atoms with Crippen LogP contribution in [0.5, 0.6) is 11.5 Å². The third kappa shape index (κ3) is 9.35. The van der Waals surface area contributed by atoms with Crippen molar-refractivity contribution < 1.29 is 19.7 Å². The number of phenolic OH excluding ortho intramolecular Hbond substituents is 2. The average molecular weight is 769 g/mol.